The van der Waals surface area contributed by atoms with Crippen LogP contribution < -0.4 is 4.74 Å². The van der Waals surface area contributed by atoms with Crippen LogP contribution >= 0.6 is 23.2 Å². The van der Waals surface area contributed by atoms with Crippen LogP contribution in [0, 0.1) is 11.8 Å². The number of carboxylic acid groups (broad SMARTS) is 1. The SMILES string of the molecule is O=C(O)CO/N=C/c1ccc(C#CCOc2cc(Cl)cc(Cl)c2)cc1. The van der Waals surface area contributed by atoms with Gasteiger partial charge in [-0.25, -0.2) is 4.79 Å². The second-order valence-corrected chi connectivity index (χ2v) is 5.59. The molecule has 2 aromatic carbocycles. The van der Waals surface area contributed by atoms with Gasteiger partial charge < -0.3 is 14.7 Å². The molecule has 0 aliphatic rings. The van der Waals surface area contributed by atoms with E-state index >= 15 is 0 Å². The smallest absolute Gasteiger partial charge is 0.344 e. The second-order valence-electron chi connectivity index (χ2n) is 4.72. The van der Waals surface area contributed by atoms with Gasteiger partial charge in [-0.2, -0.15) is 0 Å². The van der Waals surface area contributed by atoms with Crippen molar-refractivity contribution in [2.75, 3.05) is 13.2 Å². The van der Waals surface area contributed by atoms with E-state index in [9.17, 15) is 4.79 Å². The summed E-state index contributed by atoms with van der Waals surface area (Å²) in [6.07, 6.45) is 1.42. The van der Waals surface area contributed by atoms with Crippen LogP contribution in [-0.4, -0.2) is 30.5 Å². The number of ether oxygens (including phenoxy) is 1. The highest BCUT2D eigenvalue weighted by atomic mass is 35.5. The van der Waals surface area contributed by atoms with Gasteiger partial charge in [0, 0.05) is 15.6 Å². The lowest BCUT2D eigenvalue weighted by molar-refractivity contribution is -0.142. The summed E-state index contributed by atoms with van der Waals surface area (Å²) in [4.78, 5) is 14.8. The topological polar surface area (TPSA) is 68.1 Å². The number of benzene rings is 2. The average molecular weight is 378 g/mol. The molecular formula is C18H13Cl2NO4. The molecule has 2 aromatic rings. The van der Waals surface area contributed by atoms with E-state index in [1.54, 1.807) is 30.3 Å². The molecule has 0 unspecified atom stereocenters. The Morgan fingerprint density at radius 1 is 1.16 bits per heavy atom. The van der Waals surface area contributed by atoms with Crippen molar-refractivity contribution in [3.8, 4) is 17.6 Å². The molecule has 0 aromatic heterocycles. The molecule has 0 saturated heterocycles. The van der Waals surface area contributed by atoms with E-state index in [1.165, 1.54) is 6.21 Å². The van der Waals surface area contributed by atoms with Crippen LogP contribution in [0.5, 0.6) is 5.75 Å². The van der Waals surface area contributed by atoms with Crippen molar-refractivity contribution in [2.45, 2.75) is 0 Å². The fraction of sp³-hybridized carbons (Fsp3) is 0.111. The van der Waals surface area contributed by atoms with Crippen LogP contribution in [0.15, 0.2) is 47.6 Å². The van der Waals surface area contributed by atoms with Crippen LogP contribution in [0.4, 0.5) is 0 Å². The molecule has 0 aliphatic carbocycles. The molecular weight excluding hydrogens is 365 g/mol. The van der Waals surface area contributed by atoms with E-state index in [0.29, 0.717) is 15.8 Å². The molecule has 7 heteroatoms. The van der Waals surface area contributed by atoms with Crippen molar-refractivity contribution in [3.05, 3.63) is 63.6 Å². The van der Waals surface area contributed by atoms with Crippen molar-refractivity contribution in [2.24, 2.45) is 5.16 Å². The van der Waals surface area contributed by atoms with Gasteiger partial charge in [0.2, 0.25) is 6.61 Å². The third-order valence-corrected chi connectivity index (χ3v) is 3.19. The first-order chi connectivity index (χ1) is 12.0. The van der Waals surface area contributed by atoms with Crippen LogP contribution in [0.2, 0.25) is 10.0 Å². The zero-order valence-corrected chi connectivity index (χ0v) is 14.4. The van der Waals surface area contributed by atoms with Crippen molar-refractivity contribution < 1.29 is 19.5 Å². The summed E-state index contributed by atoms with van der Waals surface area (Å²) in [5.74, 6) is 5.33. The molecule has 0 radical (unpaired) electrons. The van der Waals surface area contributed by atoms with E-state index in [-0.39, 0.29) is 6.61 Å². The average Bonchev–Trinajstić information content (AvgIpc) is 2.56. The fourth-order valence-corrected chi connectivity index (χ4v) is 2.22. The molecule has 0 heterocycles. The number of oxime groups is 1. The number of carbonyl (C=O) groups is 1. The van der Waals surface area contributed by atoms with Crippen LogP contribution in [0.3, 0.4) is 0 Å². The summed E-state index contributed by atoms with van der Waals surface area (Å²) in [6, 6.07) is 12.1. The van der Waals surface area contributed by atoms with Gasteiger partial charge in [-0.05, 0) is 35.9 Å². The maximum atomic E-state index is 10.3. The van der Waals surface area contributed by atoms with Gasteiger partial charge in [0.25, 0.3) is 0 Å². The minimum atomic E-state index is -1.08. The summed E-state index contributed by atoms with van der Waals surface area (Å²) in [5.41, 5.74) is 1.57. The number of hydrogen-bond donors (Lipinski definition) is 1. The molecule has 0 saturated carbocycles. The third-order valence-electron chi connectivity index (χ3n) is 2.75. The quantitative estimate of drug-likeness (QED) is 0.471. The molecule has 5 nitrogen and oxygen atoms in total. The molecule has 2 rings (SSSR count). The molecule has 128 valence electrons. The minimum Gasteiger partial charge on any atom is -0.481 e. The first kappa shape index (κ1) is 18.7. The molecule has 0 bridgehead atoms. The lowest BCUT2D eigenvalue weighted by Crippen LogP contribution is -2.03. The van der Waals surface area contributed by atoms with Crippen LogP contribution in [-0.2, 0) is 9.63 Å². The summed E-state index contributed by atoms with van der Waals surface area (Å²) in [6.45, 7) is -0.277. The lowest BCUT2D eigenvalue weighted by Gasteiger charge is -2.02. The van der Waals surface area contributed by atoms with E-state index in [0.717, 1.165) is 11.1 Å². The molecule has 0 spiro atoms. The molecule has 0 amide bonds. The maximum Gasteiger partial charge on any atom is 0.344 e. The van der Waals surface area contributed by atoms with Gasteiger partial charge in [0.05, 0.1) is 6.21 Å². The molecule has 1 N–H and O–H groups in total. The van der Waals surface area contributed by atoms with Gasteiger partial charge >= 0.3 is 5.97 Å². The number of nitrogens with zero attached hydrogens (tertiary/aromatic N) is 1. The molecule has 0 atom stereocenters. The largest absolute Gasteiger partial charge is 0.481 e. The summed E-state index contributed by atoms with van der Waals surface area (Å²) < 4.78 is 5.47. The number of rotatable bonds is 6. The van der Waals surface area contributed by atoms with Crippen LogP contribution in [0.25, 0.3) is 0 Å². The van der Waals surface area contributed by atoms with Crippen molar-refractivity contribution in [1.82, 2.24) is 0 Å². The number of hydrogen-bond acceptors (Lipinski definition) is 4. The lowest BCUT2D eigenvalue weighted by atomic mass is 10.1. The second kappa shape index (κ2) is 9.58. The van der Waals surface area contributed by atoms with E-state index < -0.39 is 12.6 Å². The maximum absolute atomic E-state index is 10.3. The molecule has 0 aliphatic heterocycles. The zero-order chi connectivity index (χ0) is 18.1. The Hall–Kier alpha value is -2.68. The Morgan fingerprint density at radius 3 is 2.48 bits per heavy atom. The predicted molar refractivity (Wildman–Crippen MR) is 96.5 cm³/mol. The zero-order valence-electron chi connectivity index (χ0n) is 12.9. The van der Waals surface area contributed by atoms with Gasteiger partial charge in [0.15, 0.2) is 0 Å². The summed E-state index contributed by atoms with van der Waals surface area (Å²) in [5, 5.41) is 13.0. The summed E-state index contributed by atoms with van der Waals surface area (Å²) >= 11 is 11.8. The Kier molecular flexibility index (Phi) is 7.15. The van der Waals surface area contributed by atoms with E-state index in [4.69, 9.17) is 33.0 Å². The Balaban J connectivity index is 1.85. The third kappa shape index (κ3) is 7.17. The fourth-order valence-electron chi connectivity index (χ4n) is 1.71. The highest BCUT2D eigenvalue weighted by molar-refractivity contribution is 6.34. The minimum absolute atomic E-state index is 0.197. The van der Waals surface area contributed by atoms with E-state index in [1.807, 2.05) is 12.1 Å². The number of carboxylic acids is 1. The number of halogens is 2. The first-order valence-electron chi connectivity index (χ1n) is 7.08. The van der Waals surface area contributed by atoms with Crippen molar-refractivity contribution in [1.29, 1.82) is 0 Å². The highest BCUT2D eigenvalue weighted by Gasteiger charge is 1.98. The molecule has 0 fully saturated rings. The molecule has 25 heavy (non-hydrogen) atoms. The monoisotopic (exact) mass is 377 g/mol. The Bertz CT molecular complexity index is 803. The standard InChI is InChI=1S/C18H13Cl2NO4/c19-15-8-16(20)10-17(9-15)24-7-1-2-13-3-5-14(6-4-13)11-21-25-12-18(22)23/h3-6,8-11H,7,12H2,(H,22,23)/b21-11+. The Morgan fingerprint density at radius 2 is 1.84 bits per heavy atom. The highest BCUT2D eigenvalue weighted by Crippen LogP contribution is 2.23. The Labute approximate surface area is 154 Å². The summed E-state index contributed by atoms with van der Waals surface area (Å²) in [7, 11) is 0. The predicted octanol–water partition coefficient (Wildman–Crippen LogP) is 3.86. The van der Waals surface area contributed by atoms with Crippen molar-refractivity contribution >= 4 is 35.4 Å². The van der Waals surface area contributed by atoms with E-state index in [2.05, 4.69) is 21.8 Å². The van der Waals surface area contributed by atoms with Gasteiger partial charge in [-0.3, -0.25) is 0 Å². The van der Waals surface area contributed by atoms with Gasteiger partial charge in [0.1, 0.15) is 12.4 Å². The van der Waals surface area contributed by atoms with Gasteiger partial charge in [-0.1, -0.05) is 52.3 Å². The van der Waals surface area contributed by atoms with Crippen LogP contribution in [0.1, 0.15) is 11.1 Å². The van der Waals surface area contributed by atoms with Crippen molar-refractivity contribution in [3.63, 3.8) is 0 Å². The van der Waals surface area contributed by atoms with Gasteiger partial charge in [-0.15, -0.1) is 0 Å². The normalized spacial score (nSPS) is 10.2. The first-order valence-corrected chi connectivity index (χ1v) is 7.83. The number of aliphatic carboxylic acids is 1.